The number of hydrogen-bond acceptors (Lipinski definition) is 2. The standard InChI is InChI=1S/C5H11NO2S/c1-6-5(7)3-4-9(2)8/h3-4H2,1-2H3,(H,6,7). The van der Waals surface area contributed by atoms with E-state index in [1.165, 1.54) is 0 Å². The summed E-state index contributed by atoms with van der Waals surface area (Å²) in [5.74, 6) is 0.407. The summed E-state index contributed by atoms with van der Waals surface area (Å²) in [6.45, 7) is 0. The first kappa shape index (κ1) is 8.78. The fourth-order valence-corrected chi connectivity index (χ4v) is 0.834. The second-order valence-electron chi connectivity index (χ2n) is 1.70. The van der Waals surface area contributed by atoms with E-state index in [4.69, 9.17) is 0 Å². The van der Waals surface area contributed by atoms with Crippen molar-refractivity contribution in [3.8, 4) is 0 Å². The third-order valence-corrected chi connectivity index (χ3v) is 1.67. The lowest BCUT2D eigenvalue weighted by molar-refractivity contribution is -0.120. The molecular weight excluding hydrogens is 138 g/mol. The smallest absolute Gasteiger partial charge is 0.224 e. The summed E-state index contributed by atoms with van der Waals surface area (Å²) in [5.41, 5.74) is 0. The lowest BCUT2D eigenvalue weighted by Crippen LogP contribution is -2.20. The first-order valence-corrected chi connectivity index (χ1v) is 4.40. The molecule has 0 aliphatic rings. The monoisotopic (exact) mass is 149 g/mol. The van der Waals surface area contributed by atoms with Gasteiger partial charge in [0.1, 0.15) is 5.75 Å². The van der Waals surface area contributed by atoms with Gasteiger partial charge in [0, 0.05) is 7.05 Å². The molecule has 9 heavy (non-hydrogen) atoms. The number of rotatable bonds is 3. The van der Waals surface area contributed by atoms with E-state index in [0.717, 1.165) is 0 Å². The third-order valence-electron chi connectivity index (χ3n) is 0.895. The number of carbonyl (C=O) groups excluding carboxylic acids is 1. The Hall–Kier alpha value is -0.220. The van der Waals surface area contributed by atoms with E-state index < -0.39 is 11.2 Å². The number of nitrogens with one attached hydrogen (secondary N) is 1. The number of amides is 1. The molecule has 1 unspecified atom stereocenters. The maximum atomic E-state index is 10.5. The zero-order valence-electron chi connectivity index (χ0n) is 5.64. The Morgan fingerprint density at radius 3 is 2.67 bits per heavy atom. The minimum absolute atomic E-state index is 0.0507. The van der Waals surface area contributed by atoms with E-state index in [-0.39, 0.29) is 5.91 Å². The molecule has 0 heterocycles. The van der Waals surface area contributed by atoms with E-state index >= 15 is 0 Å². The van der Waals surface area contributed by atoms with Gasteiger partial charge in [-0.15, -0.1) is 0 Å². The molecule has 0 fully saturated rings. The van der Waals surface area contributed by atoms with Crippen LogP contribution < -0.4 is 5.32 Å². The lowest BCUT2D eigenvalue weighted by Gasteiger charge is -2.02. The molecular formula is C5H11NO2S. The van der Waals surface area contributed by atoms with Crippen molar-refractivity contribution in [1.29, 1.82) is 0 Å². The molecule has 0 bridgehead atoms. The van der Waals surface area contributed by atoms with Gasteiger partial charge in [0.05, 0.1) is 12.7 Å². The topological polar surface area (TPSA) is 52.2 Å². The summed E-state index contributed by atoms with van der Waals surface area (Å²) in [6.07, 6.45) is 1.95. The van der Waals surface area contributed by atoms with Crippen LogP contribution in [0.1, 0.15) is 6.42 Å². The van der Waals surface area contributed by atoms with Crippen molar-refractivity contribution in [2.24, 2.45) is 0 Å². The maximum absolute atomic E-state index is 10.5. The predicted octanol–water partition coefficient (Wildman–Crippen LogP) is -0.499. The van der Waals surface area contributed by atoms with Crippen molar-refractivity contribution >= 4 is 17.1 Å². The normalized spacial score (nSPS) is 12.8. The van der Waals surface area contributed by atoms with Gasteiger partial charge >= 0.3 is 0 Å². The van der Waals surface area contributed by atoms with E-state index in [0.29, 0.717) is 12.2 Å². The Kier molecular flexibility index (Phi) is 4.53. The van der Waals surface area contributed by atoms with Crippen molar-refractivity contribution < 1.29 is 9.35 Å². The molecule has 0 aromatic heterocycles. The quantitative estimate of drug-likeness (QED) is 0.550. The van der Waals surface area contributed by atoms with Crippen molar-refractivity contribution in [3.63, 3.8) is 0 Å². The predicted molar refractivity (Wildman–Crippen MR) is 37.6 cm³/mol. The minimum Gasteiger partial charge on any atom is -0.617 e. The number of carbonyl (C=O) groups is 1. The van der Waals surface area contributed by atoms with E-state index in [2.05, 4.69) is 5.32 Å². The highest BCUT2D eigenvalue weighted by atomic mass is 32.2. The summed E-state index contributed by atoms with van der Waals surface area (Å²) < 4.78 is 10.4. The molecule has 0 aromatic carbocycles. The Morgan fingerprint density at radius 2 is 2.33 bits per heavy atom. The summed E-state index contributed by atoms with van der Waals surface area (Å²) in [6, 6.07) is 0. The van der Waals surface area contributed by atoms with Gasteiger partial charge in [0.15, 0.2) is 0 Å². The minimum atomic E-state index is -0.849. The Labute approximate surface area is 58.0 Å². The average Bonchev–Trinajstić information content (AvgIpc) is 1.83. The average molecular weight is 149 g/mol. The first-order chi connectivity index (χ1) is 4.16. The summed E-state index contributed by atoms with van der Waals surface area (Å²) in [7, 11) is 1.57. The van der Waals surface area contributed by atoms with Crippen molar-refractivity contribution in [2.75, 3.05) is 19.1 Å². The zero-order chi connectivity index (χ0) is 7.28. The lowest BCUT2D eigenvalue weighted by atomic mass is 10.5. The summed E-state index contributed by atoms with van der Waals surface area (Å²) >= 11 is -0.849. The molecule has 0 rings (SSSR count). The van der Waals surface area contributed by atoms with Crippen LogP contribution in [-0.4, -0.2) is 29.5 Å². The van der Waals surface area contributed by atoms with Crippen molar-refractivity contribution in [1.82, 2.24) is 5.32 Å². The van der Waals surface area contributed by atoms with Crippen LogP contribution in [0.4, 0.5) is 0 Å². The molecule has 1 amide bonds. The Balaban J connectivity index is 3.17. The van der Waals surface area contributed by atoms with Crippen LogP contribution in [0.25, 0.3) is 0 Å². The highest BCUT2D eigenvalue weighted by Crippen LogP contribution is 1.87. The van der Waals surface area contributed by atoms with E-state index in [9.17, 15) is 9.35 Å². The fraction of sp³-hybridized carbons (Fsp3) is 0.800. The molecule has 54 valence electrons. The molecule has 0 aliphatic carbocycles. The summed E-state index contributed by atoms with van der Waals surface area (Å²) in [5, 5.41) is 2.45. The summed E-state index contributed by atoms with van der Waals surface area (Å²) in [4.78, 5) is 10.5. The van der Waals surface area contributed by atoms with Gasteiger partial charge < -0.3 is 9.87 Å². The molecule has 0 spiro atoms. The van der Waals surface area contributed by atoms with Crippen molar-refractivity contribution in [2.45, 2.75) is 6.42 Å². The van der Waals surface area contributed by atoms with Gasteiger partial charge in [-0.25, -0.2) is 0 Å². The van der Waals surface area contributed by atoms with Crippen LogP contribution in [0, 0.1) is 0 Å². The molecule has 0 radical (unpaired) electrons. The molecule has 1 N–H and O–H groups in total. The third kappa shape index (κ3) is 5.65. The molecule has 0 saturated heterocycles. The largest absolute Gasteiger partial charge is 0.617 e. The van der Waals surface area contributed by atoms with Crippen LogP contribution in [0.15, 0.2) is 0 Å². The molecule has 3 nitrogen and oxygen atoms in total. The second kappa shape index (κ2) is 4.64. The second-order valence-corrected chi connectivity index (χ2v) is 3.26. The van der Waals surface area contributed by atoms with Gasteiger partial charge in [-0.05, 0) is 0 Å². The first-order valence-electron chi connectivity index (χ1n) is 2.67. The highest BCUT2D eigenvalue weighted by molar-refractivity contribution is 7.90. The van der Waals surface area contributed by atoms with Gasteiger partial charge in [-0.3, -0.25) is 4.79 Å². The Bertz CT molecular complexity index is 95.0. The fourth-order valence-electron chi connectivity index (χ4n) is 0.361. The van der Waals surface area contributed by atoms with Crippen LogP contribution in [0.2, 0.25) is 0 Å². The van der Waals surface area contributed by atoms with Crippen LogP contribution in [-0.2, 0) is 16.0 Å². The molecule has 0 saturated carbocycles. The zero-order valence-corrected chi connectivity index (χ0v) is 6.46. The van der Waals surface area contributed by atoms with E-state index in [1.807, 2.05) is 0 Å². The van der Waals surface area contributed by atoms with Gasteiger partial charge in [-0.2, -0.15) is 0 Å². The van der Waals surface area contributed by atoms with Gasteiger partial charge in [-0.1, -0.05) is 11.2 Å². The maximum Gasteiger partial charge on any atom is 0.224 e. The van der Waals surface area contributed by atoms with Crippen LogP contribution >= 0.6 is 0 Å². The molecule has 1 atom stereocenters. The van der Waals surface area contributed by atoms with Crippen molar-refractivity contribution in [3.05, 3.63) is 0 Å². The molecule has 4 heteroatoms. The van der Waals surface area contributed by atoms with Gasteiger partial charge in [0.2, 0.25) is 5.91 Å². The van der Waals surface area contributed by atoms with Gasteiger partial charge in [0.25, 0.3) is 0 Å². The molecule has 0 aliphatic heterocycles. The number of hydrogen-bond donors (Lipinski definition) is 1. The van der Waals surface area contributed by atoms with E-state index in [1.54, 1.807) is 13.3 Å². The molecule has 0 aromatic rings. The SMILES string of the molecule is CNC(=O)CC[S+](C)[O-]. The van der Waals surface area contributed by atoms with Crippen LogP contribution in [0.5, 0.6) is 0 Å². The van der Waals surface area contributed by atoms with Crippen LogP contribution in [0.3, 0.4) is 0 Å². The Morgan fingerprint density at radius 1 is 1.78 bits per heavy atom. The highest BCUT2D eigenvalue weighted by Gasteiger charge is 2.01.